The van der Waals surface area contributed by atoms with Gasteiger partial charge in [-0.15, -0.1) is 0 Å². The third kappa shape index (κ3) is 2.76. The molecular weight excluding hydrogens is 180 g/mol. The summed E-state index contributed by atoms with van der Waals surface area (Å²) in [6.45, 7) is 6.12. The summed E-state index contributed by atoms with van der Waals surface area (Å²) < 4.78 is 0. The molecule has 0 amide bonds. The van der Waals surface area contributed by atoms with Crippen LogP contribution in [0.1, 0.15) is 47.0 Å². The lowest BCUT2D eigenvalue weighted by Crippen LogP contribution is -2.36. The molecule has 0 aromatic rings. The SMILES string of the molecule is CCC(CCC(C)=O)(C(C)=O)C(C)=O. The van der Waals surface area contributed by atoms with Gasteiger partial charge in [-0.1, -0.05) is 6.92 Å². The maximum Gasteiger partial charge on any atom is 0.143 e. The standard InChI is InChI=1S/C11H18O3/c1-5-11(9(3)13,10(4)14)7-6-8(2)12/h5-7H2,1-4H3. The fraction of sp³-hybridized carbons (Fsp3) is 0.727. The van der Waals surface area contributed by atoms with Crippen LogP contribution < -0.4 is 0 Å². The van der Waals surface area contributed by atoms with Gasteiger partial charge >= 0.3 is 0 Å². The van der Waals surface area contributed by atoms with Crippen LogP contribution in [0.15, 0.2) is 0 Å². The minimum absolute atomic E-state index is 0.0188. The second kappa shape index (κ2) is 5.03. The lowest BCUT2D eigenvalue weighted by atomic mass is 9.74. The van der Waals surface area contributed by atoms with Crippen LogP contribution in [0.25, 0.3) is 0 Å². The van der Waals surface area contributed by atoms with Gasteiger partial charge in [-0.3, -0.25) is 9.59 Å². The summed E-state index contributed by atoms with van der Waals surface area (Å²) in [5.41, 5.74) is -0.925. The van der Waals surface area contributed by atoms with Gasteiger partial charge in [0.2, 0.25) is 0 Å². The van der Waals surface area contributed by atoms with Gasteiger partial charge in [-0.25, -0.2) is 0 Å². The highest BCUT2D eigenvalue weighted by atomic mass is 16.2. The van der Waals surface area contributed by atoms with Gasteiger partial charge in [0.1, 0.15) is 17.3 Å². The van der Waals surface area contributed by atoms with E-state index in [1.165, 1.54) is 20.8 Å². The maximum absolute atomic E-state index is 11.4. The van der Waals surface area contributed by atoms with E-state index in [4.69, 9.17) is 0 Å². The fourth-order valence-corrected chi connectivity index (χ4v) is 1.66. The first-order valence-electron chi connectivity index (χ1n) is 4.88. The summed E-state index contributed by atoms with van der Waals surface area (Å²) in [7, 11) is 0. The van der Waals surface area contributed by atoms with Crippen molar-refractivity contribution in [3.05, 3.63) is 0 Å². The molecule has 3 heteroatoms. The molecule has 0 bridgehead atoms. The highest BCUT2D eigenvalue weighted by Crippen LogP contribution is 2.30. The quantitative estimate of drug-likeness (QED) is 0.613. The van der Waals surface area contributed by atoms with Gasteiger partial charge in [0.25, 0.3) is 0 Å². The van der Waals surface area contributed by atoms with Crippen molar-refractivity contribution in [2.75, 3.05) is 0 Å². The van der Waals surface area contributed by atoms with E-state index in [0.717, 1.165) is 0 Å². The summed E-state index contributed by atoms with van der Waals surface area (Å²) >= 11 is 0. The Morgan fingerprint density at radius 1 is 1.00 bits per heavy atom. The van der Waals surface area contributed by atoms with Crippen LogP contribution in [-0.4, -0.2) is 17.3 Å². The number of hydrogen-bond donors (Lipinski definition) is 0. The molecule has 0 saturated heterocycles. The van der Waals surface area contributed by atoms with E-state index in [0.29, 0.717) is 19.3 Å². The third-order valence-corrected chi connectivity index (χ3v) is 2.86. The monoisotopic (exact) mass is 198 g/mol. The van der Waals surface area contributed by atoms with Gasteiger partial charge in [0.05, 0.1) is 5.41 Å². The van der Waals surface area contributed by atoms with Crippen LogP contribution in [0.3, 0.4) is 0 Å². The number of carbonyl (C=O) groups is 3. The van der Waals surface area contributed by atoms with Crippen LogP contribution >= 0.6 is 0 Å². The number of carbonyl (C=O) groups excluding carboxylic acids is 3. The molecule has 0 aliphatic carbocycles. The molecule has 0 radical (unpaired) electrons. The maximum atomic E-state index is 11.4. The Labute approximate surface area is 84.9 Å². The van der Waals surface area contributed by atoms with Crippen LogP contribution in [0.4, 0.5) is 0 Å². The largest absolute Gasteiger partial charge is 0.300 e. The Morgan fingerprint density at radius 3 is 1.64 bits per heavy atom. The smallest absolute Gasteiger partial charge is 0.143 e. The molecule has 0 fully saturated rings. The van der Waals surface area contributed by atoms with Crippen molar-refractivity contribution in [1.82, 2.24) is 0 Å². The van der Waals surface area contributed by atoms with Crippen LogP contribution in [0, 0.1) is 5.41 Å². The van der Waals surface area contributed by atoms with Crippen molar-refractivity contribution in [2.45, 2.75) is 47.0 Å². The zero-order valence-corrected chi connectivity index (χ0v) is 9.35. The van der Waals surface area contributed by atoms with Gasteiger partial charge < -0.3 is 4.79 Å². The second-order valence-electron chi connectivity index (χ2n) is 3.75. The first-order valence-corrected chi connectivity index (χ1v) is 4.88. The van der Waals surface area contributed by atoms with Crippen molar-refractivity contribution in [1.29, 1.82) is 0 Å². The molecule has 0 aliphatic heterocycles. The van der Waals surface area contributed by atoms with Gasteiger partial charge in [0, 0.05) is 6.42 Å². The van der Waals surface area contributed by atoms with E-state index >= 15 is 0 Å². The summed E-state index contributed by atoms with van der Waals surface area (Å²) in [5, 5.41) is 0. The lowest BCUT2D eigenvalue weighted by Gasteiger charge is -2.26. The molecule has 14 heavy (non-hydrogen) atoms. The minimum atomic E-state index is -0.925. The molecule has 0 aromatic carbocycles. The molecule has 3 nitrogen and oxygen atoms in total. The molecule has 0 N–H and O–H groups in total. The predicted molar refractivity (Wildman–Crippen MR) is 54.0 cm³/mol. The van der Waals surface area contributed by atoms with Crippen LogP contribution in [0.5, 0.6) is 0 Å². The fourth-order valence-electron chi connectivity index (χ4n) is 1.66. The molecule has 0 spiro atoms. The van der Waals surface area contributed by atoms with Crippen molar-refractivity contribution >= 4 is 17.3 Å². The zero-order chi connectivity index (χ0) is 11.4. The zero-order valence-electron chi connectivity index (χ0n) is 9.35. The summed E-state index contributed by atoms with van der Waals surface area (Å²) in [5.74, 6) is -0.243. The first-order chi connectivity index (χ1) is 6.36. The Bertz CT molecular complexity index is 239. The highest BCUT2D eigenvalue weighted by molar-refractivity contribution is 6.05. The van der Waals surface area contributed by atoms with E-state index in [1.807, 2.05) is 6.92 Å². The average Bonchev–Trinajstić information content (AvgIpc) is 2.04. The van der Waals surface area contributed by atoms with Gasteiger partial charge in [-0.2, -0.15) is 0 Å². The van der Waals surface area contributed by atoms with Crippen molar-refractivity contribution < 1.29 is 14.4 Å². The number of ketones is 3. The van der Waals surface area contributed by atoms with Gasteiger partial charge in [0.15, 0.2) is 0 Å². The van der Waals surface area contributed by atoms with Crippen molar-refractivity contribution in [3.8, 4) is 0 Å². The molecular formula is C11H18O3. The normalized spacial score (nSPS) is 11.1. The minimum Gasteiger partial charge on any atom is -0.300 e. The second-order valence-corrected chi connectivity index (χ2v) is 3.75. The van der Waals surface area contributed by atoms with E-state index in [9.17, 15) is 14.4 Å². The van der Waals surface area contributed by atoms with Crippen LogP contribution in [0.2, 0.25) is 0 Å². The third-order valence-electron chi connectivity index (χ3n) is 2.86. The number of rotatable bonds is 6. The summed E-state index contributed by atoms with van der Waals surface area (Å²) in [6, 6.07) is 0. The average molecular weight is 198 g/mol. The molecule has 0 rings (SSSR count). The molecule has 0 aliphatic rings. The molecule has 0 unspecified atom stereocenters. The van der Waals surface area contributed by atoms with Gasteiger partial charge in [-0.05, 0) is 33.6 Å². The molecule has 0 atom stereocenters. The first kappa shape index (κ1) is 13.0. The molecule has 0 saturated carbocycles. The van der Waals surface area contributed by atoms with Crippen molar-refractivity contribution in [2.24, 2.45) is 5.41 Å². The number of Topliss-reactive ketones (excluding diaryl/α,β-unsaturated/α-hetero) is 3. The van der Waals surface area contributed by atoms with E-state index in [2.05, 4.69) is 0 Å². The Balaban J connectivity index is 4.77. The number of hydrogen-bond acceptors (Lipinski definition) is 3. The topological polar surface area (TPSA) is 51.2 Å². The molecule has 80 valence electrons. The van der Waals surface area contributed by atoms with E-state index in [1.54, 1.807) is 0 Å². The Kier molecular flexibility index (Phi) is 4.68. The Morgan fingerprint density at radius 2 is 1.43 bits per heavy atom. The summed E-state index contributed by atoms with van der Waals surface area (Å²) in [4.78, 5) is 33.7. The highest BCUT2D eigenvalue weighted by Gasteiger charge is 2.38. The van der Waals surface area contributed by atoms with Crippen LogP contribution in [-0.2, 0) is 14.4 Å². The Hall–Kier alpha value is -0.990. The van der Waals surface area contributed by atoms with Crippen molar-refractivity contribution in [3.63, 3.8) is 0 Å². The lowest BCUT2D eigenvalue weighted by molar-refractivity contribution is -0.139. The van der Waals surface area contributed by atoms with E-state index in [-0.39, 0.29) is 17.3 Å². The molecule has 0 aromatic heterocycles. The van der Waals surface area contributed by atoms with E-state index < -0.39 is 5.41 Å². The summed E-state index contributed by atoms with van der Waals surface area (Å²) in [6.07, 6.45) is 1.13. The molecule has 0 heterocycles. The predicted octanol–water partition coefficient (Wildman–Crippen LogP) is 1.93.